The van der Waals surface area contributed by atoms with Gasteiger partial charge < -0.3 is 5.32 Å². The molecule has 1 heterocycles. The number of nitriles is 1. The molecule has 2 aromatic rings. The summed E-state index contributed by atoms with van der Waals surface area (Å²) in [5.41, 5.74) is 4.26. The third-order valence-corrected chi connectivity index (χ3v) is 4.08. The molecule has 104 valence electrons. The lowest BCUT2D eigenvalue weighted by Crippen LogP contribution is -2.00. The van der Waals surface area contributed by atoms with Gasteiger partial charge in [-0.2, -0.15) is 9.64 Å². The van der Waals surface area contributed by atoms with Crippen molar-refractivity contribution in [3.05, 3.63) is 46.6 Å². The molecule has 4 heteroatoms. The average molecular weight is 285 g/mol. The first-order valence-electron chi connectivity index (χ1n) is 6.78. The number of nitrogens with one attached hydrogen (secondary N) is 1. The lowest BCUT2D eigenvalue weighted by atomic mass is 10.1. The molecule has 0 fully saturated rings. The van der Waals surface area contributed by atoms with Gasteiger partial charge in [0.25, 0.3) is 0 Å². The number of anilines is 1. The van der Waals surface area contributed by atoms with Gasteiger partial charge in [-0.25, -0.2) is 0 Å². The van der Waals surface area contributed by atoms with E-state index < -0.39 is 0 Å². The minimum Gasteiger partial charge on any atom is -0.371 e. The topological polar surface area (TPSA) is 48.7 Å². The predicted molar refractivity (Wildman–Crippen MR) is 83.9 cm³/mol. The minimum absolute atomic E-state index is 0.621. The number of hydrogen-bond donors (Lipinski definition) is 1. The molecule has 1 aromatic carbocycles. The normalized spacial score (nSPS) is 10.6. The Morgan fingerprint density at radius 1 is 1.40 bits per heavy atom. The molecule has 1 N–H and O–H groups in total. The molecule has 20 heavy (non-hydrogen) atoms. The van der Waals surface area contributed by atoms with Gasteiger partial charge in [-0.1, -0.05) is 26.0 Å². The molecule has 1 aromatic heterocycles. The van der Waals surface area contributed by atoms with Crippen LogP contribution in [0.4, 0.5) is 5.00 Å². The fourth-order valence-electron chi connectivity index (χ4n) is 2.04. The molecular weight excluding hydrogens is 266 g/mol. The summed E-state index contributed by atoms with van der Waals surface area (Å²) in [6.45, 7) is 7.26. The summed E-state index contributed by atoms with van der Waals surface area (Å²) in [7, 11) is 0. The quantitative estimate of drug-likeness (QED) is 0.898. The first-order chi connectivity index (χ1) is 9.60. The lowest BCUT2D eigenvalue weighted by molar-refractivity contribution is 0.637. The van der Waals surface area contributed by atoms with Crippen molar-refractivity contribution < 1.29 is 0 Å². The van der Waals surface area contributed by atoms with Gasteiger partial charge in [0.15, 0.2) is 0 Å². The van der Waals surface area contributed by atoms with Gasteiger partial charge in [0.2, 0.25) is 0 Å². The Morgan fingerprint density at radius 2 is 2.20 bits per heavy atom. The van der Waals surface area contributed by atoms with Crippen LogP contribution in [0.15, 0.2) is 24.3 Å². The fourth-order valence-corrected chi connectivity index (χ4v) is 2.85. The van der Waals surface area contributed by atoms with Crippen molar-refractivity contribution in [2.45, 2.75) is 33.7 Å². The van der Waals surface area contributed by atoms with Crippen LogP contribution in [0.25, 0.3) is 0 Å². The first kappa shape index (κ1) is 14.5. The summed E-state index contributed by atoms with van der Waals surface area (Å²) in [6.07, 6.45) is 1.02. The second kappa shape index (κ2) is 6.53. The molecule has 0 aliphatic carbocycles. The first-order valence-corrected chi connectivity index (χ1v) is 7.55. The van der Waals surface area contributed by atoms with Crippen LogP contribution in [0.3, 0.4) is 0 Å². The molecule has 0 radical (unpaired) electrons. The Labute approximate surface area is 124 Å². The van der Waals surface area contributed by atoms with Gasteiger partial charge in [-0.15, -0.1) is 0 Å². The monoisotopic (exact) mass is 285 g/mol. The summed E-state index contributed by atoms with van der Waals surface area (Å²) < 4.78 is 4.53. The van der Waals surface area contributed by atoms with E-state index >= 15 is 0 Å². The molecule has 0 unspecified atom stereocenters. The van der Waals surface area contributed by atoms with Gasteiger partial charge in [-0.05, 0) is 48.5 Å². The van der Waals surface area contributed by atoms with E-state index in [2.05, 4.69) is 36.5 Å². The van der Waals surface area contributed by atoms with Crippen molar-refractivity contribution in [1.29, 1.82) is 5.26 Å². The summed E-state index contributed by atoms with van der Waals surface area (Å²) in [6, 6.07) is 9.84. The second-order valence-electron chi connectivity index (χ2n) is 5.35. The highest BCUT2D eigenvalue weighted by Crippen LogP contribution is 2.26. The molecule has 2 rings (SSSR count). The van der Waals surface area contributed by atoms with Gasteiger partial charge in [-0.3, -0.25) is 0 Å². The van der Waals surface area contributed by atoms with Crippen molar-refractivity contribution in [3.8, 4) is 6.07 Å². The highest BCUT2D eigenvalue weighted by atomic mass is 32.1. The molecule has 0 atom stereocenters. The molecule has 0 saturated heterocycles. The Morgan fingerprint density at radius 3 is 2.90 bits per heavy atom. The summed E-state index contributed by atoms with van der Waals surface area (Å²) >= 11 is 1.52. The van der Waals surface area contributed by atoms with Crippen LogP contribution in [0.2, 0.25) is 0 Å². The van der Waals surface area contributed by atoms with Crippen LogP contribution in [-0.4, -0.2) is 4.37 Å². The van der Waals surface area contributed by atoms with Gasteiger partial charge in [0.1, 0.15) is 5.00 Å². The standard InChI is InChI=1S/C16H19N3S/c1-11(2)7-15-12(3)16(20-19-15)18-10-14-6-4-5-13(8-14)9-17/h4-6,8,11,18H,7,10H2,1-3H3. The zero-order valence-electron chi connectivity index (χ0n) is 12.1. The Kier molecular flexibility index (Phi) is 4.75. The van der Waals surface area contributed by atoms with Crippen molar-refractivity contribution >= 4 is 16.5 Å². The number of aromatic nitrogens is 1. The van der Waals surface area contributed by atoms with Crippen molar-refractivity contribution in [3.63, 3.8) is 0 Å². The van der Waals surface area contributed by atoms with E-state index in [1.54, 1.807) is 0 Å². The van der Waals surface area contributed by atoms with Crippen molar-refractivity contribution in [2.24, 2.45) is 5.92 Å². The number of rotatable bonds is 5. The summed E-state index contributed by atoms with van der Waals surface area (Å²) in [5, 5.41) is 13.4. The molecule has 0 bridgehead atoms. The maximum Gasteiger partial charge on any atom is 0.112 e. The van der Waals surface area contributed by atoms with Gasteiger partial charge in [0.05, 0.1) is 17.3 Å². The Balaban J connectivity index is 2.04. The predicted octanol–water partition coefficient (Wildman–Crippen LogP) is 4.13. The van der Waals surface area contributed by atoms with Crippen LogP contribution in [0.5, 0.6) is 0 Å². The third-order valence-electron chi connectivity index (χ3n) is 3.13. The molecule has 0 amide bonds. The van der Waals surface area contributed by atoms with E-state index in [1.165, 1.54) is 22.8 Å². The van der Waals surface area contributed by atoms with Crippen LogP contribution in [0, 0.1) is 24.2 Å². The minimum atomic E-state index is 0.621. The zero-order chi connectivity index (χ0) is 14.5. The SMILES string of the molecule is Cc1c(CC(C)C)nsc1NCc1cccc(C#N)c1. The lowest BCUT2D eigenvalue weighted by Gasteiger charge is -2.06. The maximum atomic E-state index is 8.90. The van der Waals surface area contributed by atoms with Crippen LogP contribution < -0.4 is 5.32 Å². The number of hydrogen-bond acceptors (Lipinski definition) is 4. The number of benzene rings is 1. The highest BCUT2D eigenvalue weighted by molar-refractivity contribution is 7.10. The van der Waals surface area contributed by atoms with Crippen LogP contribution >= 0.6 is 11.5 Å². The molecule has 0 spiro atoms. The zero-order valence-corrected chi connectivity index (χ0v) is 12.9. The summed E-state index contributed by atoms with van der Waals surface area (Å²) in [4.78, 5) is 0. The third kappa shape index (κ3) is 3.58. The average Bonchev–Trinajstić information content (AvgIpc) is 2.77. The molecule has 0 aliphatic heterocycles. The Hall–Kier alpha value is -1.86. The van der Waals surface area contributed by atoms with E-state index in [-0.39, 0.29) is 0 Å². The van der Waals surface area contributed by atoms with Gasteiger partial charge in [0, 0.05) is 12.1 Å². The molecule has 0 aliphatic rings. The maximum absolute atomic E-state index is 8.90. The van der Waals surface area contributed by atoms with E-state index in [0.717, 1.165) is 23.5 Å². The van der Waals surface area contributed by atoms with E-state index in [0.29, 0.717) is 11.5 Å². The van der Waals surface area contributed by atoms with E-state index in [1.807, 2.05) is 24.3 Å². The fraction of sp³-hybridized carbons (Fsp3) is 0.375. The van der Waals surface area contributed by atoms with E-state index in [9.17, 15) is 0 Å². The largest absolute Gasteiger partial charge is 0.371 e. The Bertz CT molecular complexity index is 623. The van der Waals surface area contributed by atoms with Gasteiger partial charge >= 0.3 is 0 Å². The van der Waals surface area contributed by atoms with Crippen molar-refractivity contribution in [2.75, 3.05) is 5.32 Å². The van der Waals surface area contributed by atoms with E-state index in [4.69, 9.17) is 5.26 Å². The molecule has 0 saturated carbocycles. The van der Waals surface area contributed by atoms with Crippen LogP contribution in [-0.2, 0) is 13.0 Å². The molecule has 3 nitrogen and oxygen atoms in total. The smallest absolute Gasteiger partial charge is 0.112 e. The van der Waals surface area contributed by atoms with Crippen molar-refractivity contribution in [1.82, 2.24) is 4.37 Å². The molecular formula is C16H19N3S. The summed E-state index contributed by atoms with van der Waals surface area (Å²) in [5.74, 6) is 0.621. The number of nitrogens with zero attached hydrogens (tertiary/aromatic N) is 2. The van der Waals surface area contributed by atoms with Crippen LogP contribution in [0.1, 0.15) is 36.2 Å². The second-order valence-corrected chi connectivity index (χ2v) is 6.12. The highest BCUT2D eigenvalue weighted by Gasteiger charge is 2.10.